The van der Waals surface area contributed by atoms with Gasteiger partial charge in [0.2, 0.25) is 12.2 Å². The van der Waals surface area contributed by atoms with Crippen molar-refractivity contribution in [2.45, 2.75) is 26.2 Å². The van der Waals surface area contributed by atoms with Gasteiger partial charge in [-0.3, -0.25) is 4.79 Å². The molecule has 3 nitrogen and oxygen atoms in total. The summed E-state index contributed by atoms with van der Waals surface area (Å²) >= 11 is 3.02. The van der Waals surface area contributed by atoms with E-state index in [0.29, 0.717) is 4.47 Å². The summed E-state index contributed by atoms with van der Waals surface area (Å²) in [6.07, 6.45) is -5.04. The fourth-order valence-electron chi connectivity index (χ4n) is 1.22. The number of benzene rings is 2. The van der Waals surface area contributed by atoms with Crippen LogP contribution in [0.5, 0.6) is 0 Å². The van der Waals surface area contributed by atoms with Crippen molar-refractivity contribution in [3.05, 3.63) is 70.2 Å². The third kappa shape index (κ3) is 13.7. The zero-order valence-electron chi connectivity index (χ0n) is 14.4. The van der Waals surface area contributed by atoms with Gasteiger partial charge < -0.3 is 0 Å². The first-order valence-corrected chi connectivity index (χ1v) is 8.15. The van der Waals surface area contributed by atoms with E-state index in [1.54, 1.807) is 18.2 Å². The van der Waals surface area contributed by atoms with E-state index in [9.17, 15) is 31.1 Å². The second-order valence-electron chi connectivity index (χ2n) is 4.44. The van der Waals surface area contributed by atoms with Crippen LogP contribution in [0.1, 0.15) is 23.7 Å². The smallest absolute Gasteiger partial charge is 0.288 e. The summed E-state index contributed by atoms with van der Waals surface area (Å²) in [6, 6.07) is 11.2. The van der Waals surface area contributed by atoms with Gasteiger partial charge in [-0.05, 0) is 40.2 Å². The van der Waals surface area contributed by atoms with E-state index >= 15 is 0 Å². The number of rotatable bonds is 3. The zero-order chi connectivity index (χ0) is 22.1. The van der Waals surface area contributed by atoms with Crippen LogP contribution in [0.3, 0.4) is 0 Å². The molecule has 154 valence electrons. The van der Waals surface area contributed by atoms with Crippen LogP contribution in [0.4, 0.5) is 26.3 Å². The van der Waals surface area contributed by atoms with Crippen LogP contribution in [0.15, 0.2) is 53.0 Å². The molecule has 0 aromatic heterocycles. The first-order valence-electron chi connectivity index (χ1n) is 7.36. The van der Waals surface area contributed by atoms with Crippen molar-refractivity contribution in [1.82, 2.24) is 0 Å². The zero-order valence-corrected chi connectivity index (χ0v) is 15.9. The van der Waals surface area contributed by atoms with E-state index in [0.717, 1.165) is 12.1 Å². The molecular formula is C18H15BrF6O3. The second kappa shape index (κ2) is 16.7. The van der Waals surface area contributed by atoms with E-state index in [1.165, 1.54) is 25.1 Å². The Labute approximate surface area is 165 Å². The molecule has 10 heteroatoms. The topological polar surface area (TPSA) is 51.2 Å². The van der Waals surface area contributed by atoms with Crippen molar-refractivity contribution >= 4 is 27.9 Å². The van der Waals surface area contributed by atoms with Crippen molar-refractivity contribution in [2.24, 2.45) is 0 Å². The maximum Gasteiger partial charge on any atom is 0.373 e. The van der Waals surface area contributed by atoms with Gasteiger partial charge in [-0.25, -0.2) is 26.3 Å². The van der Waals surface area contributed by atoms with Gasteiger partial charge in [0.1, 0.15) is 11.6 Å². The molecule has 0 saturated carbocycles. The molecule has 0 fully saturated rings. The van der Waals surface area contributed by atoms with Crippen LogP contribution >= 0.6 is 15.9 Å². The third-order valence-corrected chi connectivity index (χ3v) is 3.11. The Balaban J connectivity index is 0. The largest absolute Gasteiger partial charge is 0.373 e. The summed E-state index contributed by atoms with van der Waals surface area (Å²) < 4.78 is 70.5. The number of carbonyl (C=O) groups excluding carboxylic acids is 3. The molecule has 0 aliphatic heterocycles. The van der Waals surface area contributed by atoms with Gasteiger partial charge in [0.25, 0.3) is 0 Å². The van der Waals surface area contributed by atoms with Crippen LogP contribution in [-0.4, -0.2) is 24.8 Å². The average molecular weight is 473 g/mol. The fraction of sp³-hybridized carbons (Fsp3) is 0.222. The molecule has 0 amide bonds. The van der Waals surface area contributed by atoms with E-state index < -0.39 is 30.0 Å². The van der Waals surface area contributed by atoms with E-state index in [-0.39, 0.29) is 18.4 Å². The third-order valence-electron chi connectivity index (χ3n) is 2.47. The highest BCUT2D eigenvalue weighted by atomic mass is 79.9. The molecule has 0 saturated heterocycles. The van der Waals surface area contributed by atoms with Crippen LogP contribution in [0, 0.1) is 11.6 Å². The second-order valence-corrected chi connectivity index (χ2v) is 5.30. The maximum atomic E-state index is 12.6. The van der Waals surface area contributed by atoms with Crippen molar-refractivity contribution < 1.29 is 40.7 Å². The molecule has 28 heavy (non-hydrogen) atoms. The highest BCUT2D eigenvalue weighted by molar-refractivity contribution is 9.10. The number of ketones is 1. The number of carbonyl (C=O) groups is 1. The standard InChI is InChI=1S/C8H5F3O.C6H4BrF.C3H6F2.CO2/c9-6-4-2-1-3-5(6)7(12)8(10)11;7-5-3-1-2-4-6(5)8;1-2-3(4)5;2-1-3/h1-4,8H;1-4H;3H,2H2,1H3;. The Morgan fingerprint density at radius 1 is 0.929 bits per heavy atom. The minimum Gasteiger partial charge on any atom is -0.288 e. The van der Waals surface area contributed by atoms with Crippen molar-refractivity contribution in [1.29, 1.82) is 0 Å². The lowest BCUT2D eigenvalue weighted by Gasteiger charge is -1.99. The summed E-state index contributed by atoms with van der Waals surface area (Å²) in [7, 11) is 0. The Hall–Kier alpha value is -2.45. The van der Waals surface area contributed by atoms with Crippen LogP contribution in [0.25, 0.3) is 0 Å². The number of alkyl halides is 4. The summed E-state index contributed by atoms with van der Waals surface area (Å²) in [5, 5.41) is 0. The Morgan fingerprint density at radius 3 is 1.61 bits per heavy atom. The predicted molar refractivity (Wildman–Crippen MR) is 92.1 cm³/mol. The van der Waals surface area contributed by atoms with Gasteiger partial charge in [0.05, 0.1) is 10.0 Å². The Bertz CT molecular complexity index is 714. The van der Waals surface area contributed by atoms with Crippen molar-refractivity contribution in [2.75, 3.05) is 0 Å². The molecule has 0 spiro atoms. The van der Waals surface area contributed by atoms with Gasteiger partial charge in [-0.1, -0.05) is 31.2 Å². The lowest BCUT2D eigenvalue weighted by atomic mass is 10.1. The van der Waals surface area contributed by atoms with Crippen molar-refractivity contribution in [3.8, 4) is 0 Å². The number of hydrogen-bond donors (Lipinski definition) is 0. The van der Waals surface area contributed by atoms with Crippen LogP contribution < -0.4 is 0 Å². The molecule has 2 rings (SSSR count). The van der Waals surface area contributed by atoms with Gasteiger partial charge in [0.15, 0.2) is 0 Å². The Kier molecular flexibility index (Phi) is 16.6. The van der Waals surface area contributed by atoms with E-state index in [1.807, 2.05) is 0 Å². The van der Waals surface area contributed by atoms with Crippen LogP contribution in [0.2, 0.25) is 0 Å². The van der Waals surface area contributed by atoms with E-state index in [2.05, 4.69) is 15.9 Å². The van der Waals surface area contributed by atoms with Crippen molar-refractivity contribution in [3.63, 3.8) is 0 Å². The van der Waals surface area contributed by atoms with E-state index in [4.69, 9.17) is 9.59 Å². The molecule has 0 N–H and O–H groups in total. The minimum atomic E-state index is -3.15. The lowest BCUT2D eigenvalue weighted by molar-refractivity contribution is -0.191. The summed E-state index contributed by atoms with van der Waals surface area (Å²) in [4.78, 5) is 26.8. The molecule has 0 aliphatic carbocycles. The first-order chi connectivity index (χ1) is 13.1. The quantitative estimate of drug-likeness (QED) is 0.410. The maximum absolute atomic E-state index is 12.6. The molecule has 2 aromatic rings. The summed E-state index contributed by atoms with van der Waals surface area (Å²) in [5.41, 5.74) is -0.562. The van der Waals surface area contributed by atoms with Gasteiger partial charge >= 0.3 is 12.6 Å². The Morgan fingerprint density at radius 2 is 1.32 bits per heavy atom. The van der Waals surface area contributed by atoms with Crippen LogP contribution in [-0.2, 0) is 9.59 Å². The minimum absolute atomic E-state index is 0.0278. The molecule has 0 atom stereocenters. The monoisotopic (exact) mass is 472 g/mol. The average Bonchev–Trinajstić information content (AvgIpc) is 2.65. The summed E-state index contributed by atoms with van der Waals surface area (Å²) in [5.74, 6) is -2.61. The SMILES string of the molecule is CCC(F)F.Fc1ccccc1Br.O=C(c1ccccc1F)C(F)F.O=C=O. The molecule has 0 unspecified atom stereocenters. The molecule has 2 aromatic carbocycles. The predicted octanol–water partition coefficient (Wildman–Crippen LogP) is 5.94. The number of hydrogen-bond acceptors (Lipinski definition) is 3. The molecular weight excluding hydrogens is 458 g/mol. The highest BCUT2D eigenvalue weighted by Crippen LogP contribution is 2.12. The first kappa shape index (κ1) is 27.8. The molecule has 0 bridgehead atoms. The number of Topliss-reactive ketones (excluding diaryl/α,β-unsaturated/α-hetero) is 1. The summed E-state index contributed by atoms with van der Waals surface area (Å²) in [6.45, 7) is 1.45. The fourth-order valence-corrected chi connectivity index (χ4v) is 1.50. The van der Waals surface area contributed by atoms with Gasteiger partial charge in [-0.15, -0.1) is 0 Å². The highest BCUT2D eigenvalue weighted by Gasteiger charge is 2.20. The van der Waals surface area contributed by atoms with Gasteiger partial charge in [-0.2, -0.15) is 9.59 Å². The van der Waals surface area contributed by atoms with Gasteiger partial charge in [0, 0.05) is 6.42 Å². The molecule has 0 radical (unpaired) electrons. The number of halogens is 7. The lowest BCUT2D eigenvalue weighted by Crippen LogP contribution is -2.11. The molecule has 0 aliphatic rings. The normalized spacial score (nSPS) is 9.07. The molecule has 0 heterocycles.